The van der Waals surface area contributed by atoms with E-state index in [1.165, 1.54) is 66.5 Å². The molecule has 2 heteroatoms. The fourth-order valence-corrected chi connectivity index (χ4v) is 9.82. The summed E-state index contributed by atoms with van der Waals surface area (Å²) < 4.78 is 2.37. The number of rotatable bonds is 7. The first-order valence-corrected chi connectivity index (χ1v) is 20.0. The minimum Gasteiger partial charge on any atom is -0.311 e. The van der Waals surface area contributed by atoms with Gasteiger partial charge in [0.2, 0.25) is 0 Å². The molecule has 270 valence electrons. The van der Waals surface area contributed by atoms with Gasteiger partial charge in [0, 0.05) is 39.4 Å². The highest BCUT2D eigenvalue weighted by Gasteiger charge is 2.50. The number of aromatic nitrogens is 1. The lowest BCUT2D eigenvalue weighted by Crippen LogP contribution is -2.31. The summed E-state index contributed by atoms with van der Waals surface area (Å²) >= 11 is 0. The Bertz CT molecular complexity index is 2860. The second-order valence-electron chi connectivity index (χ2n) is 15.2. The number of hydrogen-bond donors (Lipinski definition) is 0. The number of benzene rings is 8. The average molecular weight is 729 g/mol. The molecule has 1 atom stereocenters. The molecule has 57 heavy (non-hydrogen) atoms. The lowest BCUT2D eigenvalue weighted by molar-refractivity contribution is 0.688. The van der Waals surface area contributed by atoms with Crippen LogP contribution in [0, 0.1) is 0 Å². The minimum atomic E-state index is -0.402. The molecular formula is C55H40N2. The third kappa shape index (κ3) is 5.25. The van der Waals surface area contributed by atoms with Gasteiger partial charge in [0.1, 0.15) is 0 Å². The maximum absolute atomic E-state index is 2.50. The van der Waals surface area contributed by atoms with Gasteiger partial charge in [-0.25, -0.2) is 0 Å². The van der Waals surface area contributed by atoms with Crippen molar-refractivity contribution >= 4 is 33.2 Å². The maximum Gasteiger partial charge on any atom is 0.0674 e. The summed E-state index contributed by atoms with van der Waals surface area (Å²) in [6.45, 7) is 0. The number of nitrogens with zero attached hydrogens (tertiary/aromatic N) is 2. The molecule has 0 spiro atoms. The predicted molar refractivity (Wildman–Crippen MR) is 238 cm³/mol. The highest BCUT2D eigenvalue weighted by Crippen LogP contribution is 2.60. The number of hydrogen-bond acceptors (Lipinski definition) is 1. The molecule has 11 rings (SSSR count). The Labute approximate surface area is 333 Å². The van der Waals surface area contributed by atoms with E-state index in [4.69, 9.17) is 0 Å². The van der Waals surface area contributed by atoms with Crippen LogP contribution >= 0.6 is 0 Å². The molecule has 2 nitrogen and oxygen atoms in total. The van der Waals surface area contributed by atoms with Gasteiger partial charge in [-0.2, -0.15) is 0 Å². The molecule has 1 heterocycles. The second-order valence-corrected chi connectivity index (χ2v) is 15.2. The fraction of sp³-hybridized carbons (Fsp3) is 0.0545. The monoisotopic (exact) mass is 728 g/mol. The van der Waals surface area contributed by atoms with Gasteiger partial charge in [-0.15, -0.1) is 0 Å². The van der Waals surface area contributed by atoms with Crippen molar-refractivity contribution in [3.05, 3.63) is 258 Å². The topological polar surface area (TPSA) is 8.17 Å². The predicted octanol–water partition coefficient (Wildman–Crippen LogP) is 13.9. The molecule has 0 saturated heterocycles. The molecule has 1 unspecified atom stereocenters. The van der Waals surface area contributed by atoms with E-state index in [-0.39, 0.29) is 5.92 Å². The maximum atomic E-state index is 2.50. The van der Waals surface area contributed by atoms with Crippen molar-refractivity contribution in [1.82, 2.24) is 4.57 Å². The third-order valence-corrected chi connectivity index (χ3v) is 12.3. The summed E-state index contributed by atoms with van der Waals surface area (Å²) in [6, 6.07) is 77.7. The van der Waals surface area contributed by atoms with Gasteiger partial charge in [0.25, 0.3) is 0 Å². The number of para-hydroxylation sites is 3. The number of fused-ring (bicyclic) bond motifs is 6. The first-order valence-electron chi connectivity index (χ1n) is 20.0. The van der Waals surface area contributed by atoms with Crippen molar-refractivity contribution in [2.75, 3.05) is 4.90 Å². The van der Waals surface area contributed by atoms with Gasteiger partial charge in [0.05, 0.1) is 16.4 Å². The summed E-state index contributed by atoms with van der Waals surface area (Å²) in [7, 11) is 0. The van der Waals surface area contributed by atoms with Crippen molar-refractivity contribution in [3.63, 3.8) is 0 Å². The van der Waals surface area contributed by atoms with Gasteiger partial charge in [-0.05, 0) is 100.0 Å². The Hall–Kier alpha value is -7.16. The van der Waals surface area contributed by atoms with Crippen molar-refractivity contribution in [2.45, 2.75) is 17.8 Å². The van der Waals surface area contributed by atoms with Crippen LogP contribution in [0.15, 0.2) is 236 Å². The fourth-order valence-electron chi connectivity index (χ4n) is 9.82. The zero-order valence-electron chi connectivity index (χ0n) is 31.5. The van der Waals surface area contributed by atoms with E-state index in [2.05, 4.69) is 234 Å². The van der Waals surface area contributed by atoms with E-state index in [1.54, 1.807) is 0 Å². The quantitative estimate of drug-likeness (QED) is 0.159. The van der Waals surface area contributed by atoms with Crippen molar-refractivity contribution in [2.24, 2.45) is 0 Å². The molecule has 0 amide bonds. The van der Waals surface area contributed by atoms with E-state index in [0.29, 0.717) is 0 Å². The zero-order chi connectivity index (χ0) is 37.8. The van der Waals surface area contributed by atoms with Crippen LogP contribution in [0.25, 0.3) is 38.6 Å². The van der Waals surface area contributed by atoms with E-state index >= 15 is 0 Å². The molecule has 2 aliphatic carbocycles. The largest absolute Gasteiger partial charge is 0.311 e. The van der Waals surface area contributed by atoms with E-state index < -0.39 is 5.41 Å². The lowest BCUT2D eigenvalue weighted by Gasteiger charge is -2.38. The van der Waals surface area contributed by atoms with Crippen LogP contribution in [0.4, 0.5) is 11.4 Å². The van der Waals surface area contributed by atoms with Gasteiger partial charge < -0.3 is 9.47 Å². The van der Waals surface area contributed by atoms with Gasteiger partial charge in [0.15, 0.2) is 0 Å². The Kier molecular flexibility index (Phi) is 7.89. The summed E-state index contributed by atoms with van der Waals surface area (Å²) in [5.41, 5.74) is 15.9. The Balaban J connectivity index is 0.994. The van der Waals surface area contributed by atoms with E-state index in [1.807, 2.05) is 0 Å². The summed E-state index contributed by atoms with van der Waals surface area (Å²) in [5, 5.41) is 2.55. The molecule has 2 aliphatic rings. The van der Waals surface area contributed by atoms with Crippen molar-refractivity contribution < 1.29 is 0 Å². The molecule has 0 fully saturated rings. The smallest absolute Gasteiger partial charge is 0.0674 e. The van der Waals surface area contributed by atoms with Crippen LogP contribution in [-0.2, 0) is 5.41 Å². The molecule has 0 saturated carbocycles. The summed E-state index contributed by atoms with van der Waals surface area (Å²) in [6.07, 6.45) is 5.88. The van der Waals surface area contributed by atoms with Crippen LogP contribution in [-0.4, -0.2) is 4.57 Å². The Morgan fingerprint density at radius 3 is 1.56 bits per heavy atom. The Morgan fingerprint density at radius 1 is 0.456 bits per heavy atom. The van der Waals surface area contributed by atoms with Crippen molar-refractivity contribution in [1.29, 1.82) is 0 Å². The highest BCUT2D eigenvalue weighted by molar-refractivity contribution is 6.09. The number of anilines is 2. The molecular weight excluding hydrogens is 689 g/mol. The minimum absolute atomic E-state index is 0.288. The van der Waals surface area contributed by atoms with Crippen LogP contribution in [0.5, 0.6) is 0 Å². The molecule has 0 aliphatic heterocycles. The summed E-state index contributed by atoms with van der Waals surface area (Å²) in [4.78, 5) is 2.43. The SMILES string of the molecule is C1=C(N(c2ccccc2)c2ccc(-c3ccc(-n4c5ccccc5c5ccccc54)cc3)cc2)C=C2C(C1)c1ccccc1C2(c1ccccc1)c1ccccc1. The van der Waals surface area contributed by atoms with Crippen LogP contribution in [0.2, 0.25) is 0 Å². The third-order valence-electron chi connectivity index (χ3n) is 12.3. The average Bonchev–Trinajstić information content (AvgIpc) is 3.78. The zero-order valence-corrected chi connectivity index (χ0v) is 31.5. The second kappa shape index (κ2) is 13.5. The standard InChI is InChI=1S/C55H40N2/c1-4-16-41(17-5-1)55(42-18-6-2-7-19-42)51-25-13-10-22-47(51)48-37-36-46(38-52(48)55)56(43-20-8-3-9-21-43)44-32-28-39(29-33-44)40-30-34-45(35-31-40)57-53-26-14-11-23-49(53)50-24-12-15-27-54(50)57/h1-36,38,48H,37H2. The Morgan fingerprint density at radius 2 is 0.947 bits per heavy atom. The van der Waals surface area contributed by atoms with E-state index in [9.17, 15) is 0 Å². The molecule has 8 aromatic carbocycles. The van der Waals surface area contributed by atoms with Gasteiger partial charge >= 0.3 is 0 Å². The van der Waals surface area contributed by atoms with Crippen LogP contribution < -0.4 is 4.90 Å². The number of allylic oxidation sites excluding steroid dienone is 3. The van der Waals surface area contributed by atoms with Crippen molar-refractivity contribution in [3.8, 4) is 16.8 Å². The molecule has 1 aromatic heterocycles. The van der Waals surface area contributed by atoms with Gasteiger partial charge in [-0.1, -0.05) is 170 Å². The first-order chi connectivity index (χ1) is 28.3. The molecule has 0 radical (unpaired) electrons. The highest BCUT2D eigenvalue weighted by atomic mass is 15.1. The molecule has 0 bridgehead atoms. The van der Waals surface area contributed by atoms with Gasteiger partial charge in [-0.3, -0.25) is 0 Å². The normalized spacial score (nSPS) is 15.5. The van der Waals surface area contributed by atoms with E-state index in [0.717, 1.165) is 23.5 Å². The van der Waals surface area contributed by atoms with Crippen LogP contribution in [0.3, 0.4) is 0 Å². The lowest BCUT2D eigenvalue weighted by atomic mass is 9.66. The molecule has 0 N–H and O–H groups in total. The summed E-state index contributed by atoms with van der Waals surface area (Å²) in [5.74, 6) is 0.288. The molecule has 9 aromatic rings. The van der Waals surface area contributed by atoms with Crippen LogP contribution in [0.1, 0.15) is 34.6 Å². The first kappa shape index (κ1) is 33.2.